The van der Waals surface area contributed by atoms with Crippen LogP contribution >= 0.6 is 11.6 Å². The number of hydrogen-bond acceptors (Lipinski definition) is 2. The Labute approximate surface area is 118 Å². The van der Waals surface area contributed by atoms with Crippen LogP contribution in [0.4, 0.5) is 18.9 Å². The summed E-state index contributed by atoms with van der Waals surface area (Å²) in [7, 11) is 0. The van der Waals surface area contributed by atoms with Crippen molar-refractivity contribution >= 4 is 17.3 Å². The monoisotopic (exact) mass is 301 g/mol. The third-order valence-corrected chi connectivity index (χ3v) is 3.09. The number of benzene rings is 2. The van der Waals surface area contributed by atoms with Crippen molar-refractivity contribution in [2.75, 3.05) is 11.9 Å². The van der Waals surface area contributed by atoms with Crippen LogP contribution in [0.2, 0.25) is 5.02 Å². The third-order valence-electron chi connectivity index (χ3n) is 2.75. The molecule has 2 aromatic carbocycles. The van der Waals surface area contributed by atoms with Crippen LogP contribution in [0, 0.1) is 17.5 Å². The number of nitrogens with one attached hydrogen (secondary N) is 1. The zero-order chi connectivity index (χ0) is 14.7. The van der Waals surface area contributed by atoms with Crippen molar-refractivity contribution in [1.82, 2.24) is 0 Å². The van der Waals surface area contributed by atoms with E-state index in [1.165, 1.54) is 0 Å². The van der Waals surface area contributed by atoms with Crippen molar-refractivity contribution in [3.05, 3.63) is 64.4 Å². The van der Waals surface area contributed by atoms with Gasteiger partial charge in [-0.05, 0) is 6.07 Å². The van der Waals surface area contributed by atoms with Crippen molar-refractivity contribution in [2.45, 2.75) is 6.10 Å². The lowest BCUT2D eigenvalue weighted by molar-refractivity contribution is 0.191. The van der Waals surface area contributed by atoms with Gasteiger partial charge in [0.2, 0.25) is 0 Å². The second-order valence-corrected chi connectivity index (χ2v) is 4.58. The maximum Gasteiger partial charge on any atom is 0.194 e. The van der Waals surface area contributed by atoms with E-state index in [4.69, 9.17) is 11.6 Å². The molecule has 20 heavy (non-hydrogen) atoms. The molecule has 106 valence electrons. The molecule has 0 aliphatic rings. The van der Waals surface area contributed by atoms with E-state index in [1.807, 2.05) is 0 Å². The smallest absolute Gasteiger partial charge is 0.194 e. The van der Waals surface area contributed by atoms with Crippen molar-refractivity contribution in [3.8, 4) is 0 Å². The maximum atomic E-state index is 13.0. The van der Waals surface area contributed by atoms with Crippen LogP contribution in [0.25, 0.3) is 0 Å². The first-order chi connectivity index (χ1) is 9.49. The lowest BCUT2D eigenvalue weighted by Crippen LogP contribution is -2.13. The first-order valence-corrected chi connectivity index (χ1v) is 6.17. The SMILES string of the molecule is OC(CNc1cc(F)c(F)c(F)c1)c1ccccc1Cl. The molecular weight excluding hydrogens is 291 g/mol. The van der Waals surface area contributed by atoms with E-state index in [1.54, 1.807) is 24.3 Å². The molecule has 2 rings (SSSR count). The van der Waals surface area contributed by atoms with Gasteiger partial charge in [0.15, 0.2) is 17.5 Å². The van der Waals surface area contributed by atoms with E-state index in [0.29, 0.717) is 10.6 Å². The van der Waals surface area contributed by atoms with E-state index in [-0.39, 0.29) is 12.2 Å². The van der Waals surface area contributed by atoms with Crippen LogP contribution in [-0.2, 0) is 0 Å². The predicted octanol–water partition coefficient (Wildman–Crippen LogP) is 3.90. The van der Waals surface area contributed by atoms with Gasteiger partial charge < -0.3 is 10.4 Å². The average molecular weight is 302 g/mol. The highest BCUT2D eigenvalue weighted by molar-refractivity contribution is 6.31. The number of hydrogen-bond donors (Lipinski definition) is 2. The zero-order valence-corrected chi connectivity index (χ0v) is 11.0. The molecule has 2 aromatic rings. The van der Waals surface area contributed by atoms with Gasteiger partial charge in [-0.25, -0.2) is 13.2 Å². The van der Waals surface area contributed by atoms with Gasteiger partial charge in [0.1, 0.15) is 0 Å². The van der Waals surface area contributed by atoms with Gasteiger partial charge in [-0.15, -0.1) is 0 Å². The second kappa shape index (κ2) is 6.15. The van der Waals surface area contributed by atoms with Gasteiger partial charge in [0.25, 0.3) is 0 Å². The second-order valence-electron chi connectivity index (χ2n) is 4.17. The standard InChI is InChI=1S/C14H11ClF3NO/c15-10-4-2-1-3-9(10)13(20)7-19-8-5-11(16)14(18)12(17)6-8/h1-6,13,19-20H,7H2. The summed E-state index contributed by atoms with van der Waals surface area (Å²) >= 11 is 5.91. The van der Waals surface area contributed by atoms with Gasteiger partial charge in [-0.3, -0.25) is 0 Å². The third kappa shape index (κ3) is 3.23. The van der Waals surface area contributed by atoms with E-state index in [2.05, 4.69) is 5.32 Å². The fraction of sp³-hybridized carbons (Fsp3) is 0.143. The molecule has 0 heterocycles. The molecule has 1 atom stereocenters. The summed E-state index contributed by atoms with van der Waals surface area (Å²) in [6, 6.07) is 8.33. The highest BCUT2D eigenvalue weighted by Gasteiger charge is 2.13. The fourth-order valence-corrected chi connectivity index (χ4v) is 1.99. The molecule has 0 aliphatic heterocycles. The molecule has 0 aromatic heterocycles. The Morgan fingerprint density at radius 3 is 2.30 bits per heavy atom. The Morgan fingerprint density at radius 2 is 1.70 bits per heavy atom. The van der Waals surface area contributed by atoms with Crippen LogP contribution < -0.4 is 5.32 Å². The van der Waals surface area contributed by atoms with Crippen LogP contribution in [0.15, 0.2) is 36.4 Å². The van der Waals surface area contributed by atoms with E-state index < -0.39 is 23.6 Å². The maximum absolute atomic E-state index is 13.0. The molecule has 0 saturated carbocycles. The summed E-state index contributed by atoms with van der Waals surface area (Å²) in [6.07, 6.45) is -0.958. The molecule has 6 heteroatoms. The summed E-state index contributed by atoms with van der Waals surface area (Å²) < 4.78 is 38.8. The normalized spacial score (nSPS) is 12.2. The minimum atomic E-state index is -1.53. The quantitative estimate of drug-likeness (QED) is 0.839. The minimum Gasteiger partial charge on any atom is -0.387 e. The van der Waals surface area contributed by atoms with Crippen molar-refractivity contribution in [3.63, 3.8) is 0 Å². The van der Waals surface area contributed by atoms with Gasteiger partial charge in [0, 0.05) is 35.0 Å². The minimum absolute atomic E-state index is 0.0196. The highest BCUT2D eigenvalue weighted by atomic mass is 35.5. The lowest BCUT2D eigenvalue weighted by Gasteiger charge is -2.14. The molecular formula is C14H11ClF3NO. The fourth-order valence-electron chi connectivity index (χ4n) is 1.73. The van der Waals surface area contributed by atoms with E-state index >= 15 is 0 Å². The lowest BCUT2D eigenvalue weighted by atomic mass is 10.1. The number of aliphatic hydroxyl groups is 1. The summed E-state index contributed by atoms with van der Waals surface area (Å²) in [5.41, 5.74) is 0.525. The Hall–Kier alpha value is -1.72. The van der Waals surface area contributed by atoms with Gasteiger partial charge >= 0.3 is 0 Å². The number of halogens is 4. The Balaban J connectivity index is 2.07. The number of anilines is 1. The molecule has 2 nitrogen and oxygen atoms in total. The van der Waals surface area contributed by atoms with Gasteiger partial charge in [0.05, 0.1) is 6.10 Å². The van der Waals surface area contributed by atoms with Crippen LogP contribution in [-0.4, -0.2) is 11.7 Å². The van der Waals surface area contributed by atoms with E-state index in [9.17, 15) is 18.3 Å². The summed E-state index contributed by atoms with van der Waals surface area (Å²) in [5.74, 6) is -4.11. The largest absolute Gasteiger partial charge is 0.387 e. The summed E-state index contributed by atoms with van der Waals surface area (Å²) in [5, 5.41) is 13.0. The van der Waals surface area contributed by atoms with Crippen molar-refractivity contribution in [1.29, 1.82) is 0 Å². The molecule has 0 fully saturated rings. The van der Waals surface area contributed by atoms with Crippen molar-refractivity contribution < 1.29 is 18.3 Å². The highest BCUT2D eigenvalue weighted by Crippen LogP contribution is 2.23. The summed E-state index contributed by atoms with van der Waals surface area (Å²) in [4.78, 5) is 0. The summed E-state index contributed by atoms with van der Waals surface area (Å²) in [6.45, 7) is -0.0196. The van der Waals surface area contributed by atoms with Crippen molar-refractivity contribution in [2.24, 2.45) is 0 Å². The zero-order valence-electron chi connectivity index (χ0n) is 10.2. The Kier molecular flexibility index (Phi) is 4.52. The average Bonchev–Trinajstić information content (AvgIpc) is 2.42. The first-order valence-electron chi connectivity index (χ1n) is 5.80. The molecule has 1 unspecified atom stereocenters. The molecule has 0 spiro atoms. The Bertz CT molecular complexity index is 598. The molecule has 0 saturated heterocycles. The van der Waals surface area contributed by atoms with Gasteiger partial charge in [-0.2, -0.15) is 0 Å². The molecule has 0 bridgehead atoms. The Morgan fingerprint density at radius 1 is 1.10 bits per heavy atom. The number of aliphatic hydroxyl groups excluding tert-OH is 1. The predicted molar refractivity (Wildman–Crippen MR) is 71.2 cm³/mol. The van der Waals surface area contributed by atoms with Crippen LogP contribution in [0.1, 0.15) is 11.7 Å². The molecule has 0 aliphatic carbocycles. The van der Waals surface area contributed by atoms with Gasteiger partial charge in [-0.1, -0.05) is 29.8 Å². The van der Waals surface area contributed by atoms with E-state index in [0.717, 1.165) is 12.1 Å². The molecule has 0 radical (unpaired) electrons. The molecule has 0 amide bonds. The van der Waals surface area contributed by atoms with Crippen LogP contribution in [0.5, 0.6) is 0 Å². The first kappa shape index (κ1) is 14.7. The topological polar surface area (TPSA) is 32.3 Å². The number of rotatable bonds is 4. The molecule has 2 N–H and O–H groups in total. The van der Waals surface area contributed by atoms with Crippen LogP contribution in [0.3, 0.4) is 0 Å².